The van der Waals surface area contributed by atoms with Gasteiger partial charge in [-0.2, -0.15) is 0 Å². The summed E-state index contributed by atoms with van der Waals surface area (Å²) in [7, 11) is 0. The molecule has 2 bridgehead atoms. The Labute approximate surface area is 200 Å². The maximum atomic E-state index is 13.1. The zero-order valence-corrected chi connectivity index (χ0v) is 19.3. The molecule has 5 nitrogen and oxygen atoms in total. The molecular formula is C29H29N3O2. The van der Waals surface area contributed by atoms with Gasteiger partial charge in [0.05, 0.1) is 6.04 Å². The summed E-state index contributed by atoms with van der Waals surface area (Å²) in [5.74, 6) is 2.31. The van der Waals surface area contributed by atoms with Crippen molar-refractivity contribution in [3.63, 3.8) is 0 Å². The predicted octanol–water partition coefficient (Wildman–Crippen LogP) is 6.19. The fourth-order valence-corrected chi connectivity index (χ4v) is 6.66. The lowest BCUT2D eigenvalue weighted by atomic mass is 9.68. The van der Waals surface area contributed by atoms with Gasteiger partial charge in [-0.25, -0.2) is 0 Å². The molecule has 34 heavy (non-hydrogen) atoms. The molecule has 0 aromatic heterocycles. The number of carbonyl (C=O) groups excluding carboxylic acids is 2. The van der Waals surface area contributed by atoms with Crippen LogP contribution in [0, 0.1) is 17.8 Å². The summed E-state index contributed by atoms with van der Waals surface area (Å²) in [4.78, 5) is 24.3. The molecule has 1 aliphatic heterocycles. The van der Waals surface area contributed by atoms with Crippen molar-refractivity contribution in [3.05, 3.63) is 89.5 Å². The van der Waals surface area contributed by atoms with Gasteiger partial charge < -0.3 is 16.0 Å². The van der Waals surface area contributed by atoms with Gasteiger partial charge in [-0.15, -0.1) is 0 Å². The lowest BCUT2D eigenvalue weighted by Gasteiger charge is -2.43. The highest BCUT2D eigenvalue weighted by molar-refractivity contribution is 6.05. The average molecular weight is 452 g/mol. The van der Waals surface area contributed by atoms with Gasteiger partial charge in [-0.1, -0.05) is 30.3 Å². The summed E-state index contributed by atoms with van der Waals surface area (Å²) < 4.78 is 0. The molecule has 0 unspecified atom stereocenters. The van der Waals surface area contributed by atoms with E-state index in [1.807, 2.05) is 6.07 Å². The van der Waals surface area contributed by atoms with Crippen molar-refractivity contribution in [2.75, 3.05) is 16.0 Å². The molecule has 6 rings (SSSR count). The van der Waals surface area contributed by atoms with Gasteiger partial charge in [0.25, 0.3) is 5.91 Å². The first-order chi connectivity index (χ1) is 16.6. The summed E-state index contributed by atoms with van der Waals surface area (Å²) in [6.45, 7) is 1.48. The molecule has 0 radical (unpaired) electrons. The first-order valence-electron chi connectivity index (χ1n) is 12.2. The molecule has 0 saturated heterocycles. The van der Waals surface area contributed by atoms with E-state index in [-0.39, 0.29) is 11.8 Å². The number of anilines is 3. The SMILES string of the molecule is CC(=O)Nc1ccc(NC(=O)c2ccc3c(c2)[C@@H]2[C@H]4CC[C@@H](C4)[C@H]2[C@@H](c2ccccc2)N3)cc1. The monoisotopic (exact) mass is 451 g/mol. The number of benzene rings is 3. The third-order valence-corrected chi connectivity index (χ3v) is 7.97. The van der Waals surface area contributed by atoms with Gasteiger partial charge in [0.15, 0.2) is 0 Å². The Morgan fingerprint density at radius 3 is 2.29 bits per heavy atom. The largest absolute Gasteiger partial charge is 0.378 e. The van der Waals surface area contributed by atoms with Crippen LogP contribution in [0.3, 0.4) is 0 Å². The third-order valence-electron chi connectivity index (χ3n) is 7.97. The second-order valence-corrected chi connectivity index (χ2v) is 9.98. The zero-order chi connectivity index (χ0) is 23.2. The average Bonchev–Trinajstić information content (AvgIpc) is 3.47. The topological polar surface area (TPSA) is 70.2 Å². The summed E-state index contributed by atoms with van der Waals surface area (Å²) in [6.07, 6.45) is 3.92. The molecule has 1 heterocycles. The summed E-state index contributed by atoms with van der Waals surface area (Å²) in [5, 5.41) is 9.59. The fraction of sp³-hybridized carbons (Fsp3) is 0.310. The minimum Gasteiger partial charge on any atom is -0.378 e. The quantitative estimate of drug-likeness (QED) is 0.443. The molecule has 3 aromatic carbocycles. The lowest BCUT2D eigenvalue weighted by molar-refractivity contribution is -0.114. The van der Waals surface area contributed by atoms with E-state index >= 15 is 0 Å². The van der Waals surface area contributed by atoms with Crippen LogP contribution in [0.2, 0.25) is 0 Å². The van der Waals surface area contributed by atoms with Crippen LogP contribution in [-0.4, -0.2) is 11.8 Å². The van der Waals surface area contributed by atoms with Gasteiger partial charge in [-0.3, -0.25) is 9.59 Å². The van der Waals surface area contributed by atoms with E-state index in [4.69, 9.17) is 0 Å². The Bertz CT molecular complexity index is 1240. The van der Waals surface area contributed by atoms with Crippen molar-refractivity contribution in [1.29, 1.82) is 0 Å². The number of carbonyl (C=O) groups is 2. The van der Waals surface area contributed by atoms with E-state index in [2.05, 4.69) is 58.4 Å². The molecule has 172 valence electrons. The second kappa shape index (κ2) is 8.32. The number of rotatable bonds is 4. The number of hydrogen-bond acceptors (Lipinski definition) is 3. The van der Waals surface area contributed by atoms with Crippen LogP contribution >= 0.6 is 0 Å². The minimum atomic E-state index is -0.118. The molecule has 3 aromatic rings. The second-order valence-electron chi connectivity index (χ2n) is 9.98. The molecule has 5 atom stereocenters. The van der Waals surface area contributed by atoms with Crippen molar-refractivity contribution in [2.24, 2.45) is 17.8 Å². The number of hydrogen-bond donors (Lipinski definition) is 3. The summed E-state index contributed by atoms with van der Waals surface area (Å²) in [6, 6.07) is 24.5. The van der Waals surface area contributed by atoms with Crippen LogP contribution in [0.5, 0.6) is 0 Å². The molecule has 2 fully saturated rings. The smallest absolute Gasteiger partial charge is 0.255 e. The van der Waals surface area contributed by atoms with E-state index in [1.54, 1.807) is 24.3 Å². The molecule has 0 spiro atoms. The van der Waals surface area contributed by atoms with Gasteiger partial charge >= 0.3 is 0 Å². The van der Waals surface area contributed by atoms with Crippen LogP contribution in [-0.2, 0) is 4.79 Å². The summed E-state index contributed by atoms with van der Waals surface area (Å²) >= 11 is 0. The highest BCUT2D eigenvalue weighted by Gasteiger charge is 2.53. The Balaban J connectivity index is 1.27. The summed E-state index contributed by atoms with van der Waals surface area (Å²) in [5.41, 5.74) is 5.93. The maximum absolute atomic E-state index is 13.1. The Morgan fingerprint density at radius 2 is 1.56 bits per heavy atom. The molecule has 3 aliphatic rings. The van der Waals surface area contributed by atoms with Crippen molar-refractivity contribution >= 4 is 28.9 Å². The van der Waals surface area contributed by atoms with Crippen LogP contribution < -0.4 is 16.0 Å². The van der Waals surface area contributed by atoms with Crippen molar-refractivity contribution in [1.82, 2.24) is 0 Å². The van der Waals surface area contributed by atoms with Gasteiger partial charge in [0, 0.05) is 29.5 Å². The van der Waals surface area contributed by atoms with E-state index in [1.165, 1.54) is 43.0 Å². The predicted molar refractivity (Wildman–Crippen MR) is 135 cm³/mol. The van der Waals surface area contributed by atoms with Crippen molar-refractivity contribution in [2.45, 2.75) is 38.1 Å². The van der Waals surface area contributed by atoms with Crippen molar-refractivity contribution < 1.29 is 9.59 Å². The van der Waals surface area contributed by atoms with E-state index in [0.717, 1.165) is 5.92 Å². The Kier molecular flexibility index (Phi) is 5.13. The van der Waals surface area contributed by atoms with Crippen LogP contribution in [0.4, 0.5) is 17.1 Å². The van der Waals surface area contributed by atoms with Gasteiger partial charge in [0.1, 0.15) is 0 Å². The lowest BCUT2D eigenvalue weighted by Crippen LogP contribution is -2.35. The highest BCUT2D eigenvalue weighted by atomic mass is 16.2. The molecule has 2 aliphatic carbocycles. The molecule has 3 N–H and O–H groups in total. The van der Waals surface area contributed by atoms with Crippen molar-refractivity contribution in [3.8, 4) is 0 Å². The highest BCUT2D eigenvalue weighted by Crippen LogP contribution is 2.63. The normalized spacial score (nSPS) is 26.2. The minimum absolute atomic E-state index is 0.111. The number of fused-ring (bicyclic) bond motifs is 7. The van der Waals surface area contributed by atoms with Gasteiger partial charge in [-0.05, 0) is 96.5 Å². The Hall–Kier alpha value is -3.60. The zero-order valence-electron chi connectivity index (χ0n) is 19.3. The number of amides is 2. The molecule has 2 amide bonds. The Morgan fingerprint density at radius 1 is 0.853 bits per heavy atom. The first kappa shape index (κ1) is 21.0. The standard InChI is InChI=1S/C29H29N3O2/c1-17(33)30-22-10-12-23(13-11-22)31-29(34)21-9-14-25-24(16-21)26-19-7-8-20(15-19)27(26)28(32-25)18-5-3-2-4-6-18/h2-6,9-14,16,19-20,26-28,32H,7-8,15H2,1H3,(H,30,33)(H,31,34)/t19-,20-,26-,27+,28+/m0/s1. The molecule has 5 heteroatoms. The van der Waals surface area contributed by atoms with E-state index in [0.29, 0.717) is 40.7 Å². The van der Waals surface area contributed by atoms with Crippen LogP contribution in [0.15, 0.2) is 72.8 Å². The molecular weight excluding hydrogens is 422 g/mol. The van der Waals surface area contributed by atoms with Gasteiger partial charge in [0.2, 0.25) is 5.91 Å². The maximum Gasteiger partial charge on any atom is 0.255 e. The van der Waals surface area contributed by atoms with E-state index < -0.39 is 0 Å². The molecule has 2 saturated carbocycles. The van der Waals surface area contributed by atoms with E-state index in [9.17, 15) is 9.59 Å². The van der Waals surface area contributed by atoms with Crippen LogP contribution in [0.1, 0.15) is 59.6 Å². The number of nitrogens with one attached hydrogen (secondary N) is 3. The van der Waals surface area contributed by atoms with Crippen LogP contribution in [0.25, 0.3) is 0 Å². The third kappa shape index (κ3) is 3.65. The fourth-order valence-electron chi connectivity index (χ4n) is 6.66. The first-order valence-corrected chi connectivity index (χ1v) is 12.2.